The molecule has 4 heteroatoms. The van der Waals surface area contributed by atoms with E-state index in [9.17, 15) is 4.79 Å². The van der Waals surface area contributed by atoms with E-state index in [1.165, 1.54) is 0 Å². The van der Waals surface area contributed by atoms with Crippen LogP contribution in [0.25, 0.3) is 0 Å². The van der Waals surface area contributed by atoms with Crippen LogP contribution in [0.15, 0.2) is 48.5 Å². The van der Waals surface area contributed by atoms with Crippen LogP contribution in [-0.4, -0.2) is 5.97 Å². The number of halogens is 2. The van der Waals surface area contributed by atoms with Crippen molar-refractivity contribution in [1.29, 1.82) is 0 Å². The van der Waals surface area contributed by atoms with E-state index in [2.05, 4.69) is 15.9 Å². The SMILES string of the molecule is Cc1cccc(OC(=O)C(Br)c2ccccc2Cl)c1. The first-order chi connectivity index (χ1) is 9.08. The van der Waals surface area contributed by atoms with Crippen molar-refractivity contribution in [3.8, 4) is 5.75 Å². The van der Waals surface area contributed by atoms with E-state index in [4.69, 9.17) is 16.3 Å². The highest BCUT2D eigenvalue weighted by Crippen LogP contribution is 2.30. The zero-order valence-electron chi connectivity index (χ0n) is 10.3. The fourth-order valence-corrected chi connectivity index (χ4v) is 2.52. The Labute approximate surface area is 125 Å². The molecule has 0 heterocycles. The Balaban J connectivity index is 2.14. The summed E-state index contributed by atoms with van der Waals surface area (Å²) in [5, 5.41) is 0.533. The molecule has 0 aliphatic heterocycles. The predicted octanol–water partition coefficient (Wildman–Crippen LogP) is 4.69. The van der Waals surface area contributed by atoms with Crippen molar-refractivity contribution < 1.29 is 9.53 Å². The number of esters is 1. The Bertz CT molecular complexity index is 598. The van der Waals surface area contributed by atoms with E-state index in [1.54, 1.807) is 18.2 Å². The van der Waals surface area contributed by atoms with Crippen molar-refractivity contribution >= 4 is 33.5 Å². The molecule has 2 aromatic rings. The van der Waals surface area contributed by atoms with Gasteiger partial charge in [0.2, 0.25) is 0 Å². The van der Waals surface area contributed by atoms with Crippen molar-refractivity contribution in [3.63, 3.8) is 0 Å². The molecule has 1 atom stereocenters. The van der Waals surface area contributed by atoms with Gasteiger partial charge in [-0.15, -0.1) is 0 Å². The molecule has 0 bridgehead atoms. The zero-order chi connectivity index (χ0) is 13.8. The molecular formula is C15H12BrClO2. The number of hydrogen-bond acceptors (Lipinski definition) is 2. The largest absolute Gasteiger partial charge is 0.425 e. The maximum absolute atomic E-state index is 12.0. The number of carbonyl (C=O) groups is 1. The molecule has 98 valence electrons. The van der Waals surface area contributed by atoms with Crippen LogP contribution in [0.3, 0.4) is 0 Å². The zero-order valence-corrected chi connectivity index (χ0v) is 12.6. The summed E-state index contributed by atoms with van der Waals surface area (Å²) in [6.07, 6.45) is 0. The summed E-state index contributed by atoms with van der Waals surface area (Å²) in [6.45, 7) is 1.94. The van der Waals surface area contributed by atoms with Gasteiger partial charge in [-0.2, -0.15) is 0 Å². The second-order valence-corrected chi connectivity index (χ2v) is 5.44. The van der Waals surface area contributed by atoms with E-state index in [0.717, 1.165) is 5.56 Å². The number of ether oxygens (including phenoxy) is 1. The molecule has 0 aliphatic rings. The molecule has 2 nitrogen and oxygen atoms in total. The second kappa shape index (κ2) is 6.22. The van der Waals surface area contributed by atoms with Gasteiger partial charge in [0.1, 0.15) is 10.6 Å². The first kappa shape index (κ1) is 14.1. The lowest BCUT2D eigenvalue weighted by molar-refractivity contribution is -0.133. The number of carbonyl (C=O) groups excluding carboxylic acids is 1. The van der Waals surface area contributed by atoms with Gasteiger partial charge in [-0.25, -0.2) is 0 Å². The van der Waals surface area contributed by atoms with E-state index in [-0.39, 0.29) is 0 Å². The Hall–Kier alpha value is -1.32. The summed E-state index contributed by atoms with van der Waals surface area (Å²) in [5.74, 6) is 0.139. The minimum absolute atomic E-state index is 0.390. The van der Waals surface area contributed by atoms with E-state index in [0.29, 0.717) is 16.3 Å². The molecule has 0 aliphatic carbocycles. The van der Waals surface area contributed by atoms with Crippen LogP contribution < -0.4 is 4.74 Å². The number of rotatable bonds is 3. The summed E-state index contributed by atoms with van der Waals surface area (Å²) >= 11 is 9.37. The molecule has 0 saturated heterocycles. The minimum Gasteiger partial charge on any atom is -0.425 e. The highest BCUT2D eigenvalue weighted by molar-refractivity contribution is 9.09. The van der Waals surface area contributed by atoms with E-state index < -0.39 is 10.8 Å². The maximum atomic E-state index is 12.0. The van der Waals surface area contributed by atoms with Crippen molar-refractivity contribution in [2.75, 3.05) is 0 Å². The number of benzene rings is 2. The maximum Gasteiger partial charge on any atom is 0.329 e. The third-order valence-corrected chi connectivity index (χ3v) is 3.80. The van der Waals surface area contributed by atoms with Crippen LogP contribution in [0.4, 0.5) is 0 Å². The van der Waals surface area contributed by atoms with Crippen molar-refractivity contribution in [1.82, 2.24) is 0 Å². The molecule has 19 heavy (non-hydrogen) atoms. The smallest absolute Gasteiger partial charge is 0.329 e. The molecule has 0 amide bonds. The van der Waals surface area contributed by atoms with Gasteiger partial charge in [0, 0.05) is 5.02 Å². The van der Waals surface area contributed by atoms with E-state index >= 15 is 0 Å². The van der Waals surface area contributed by atoms with Crippen LogP contribution >= 0.6 is 27.5 Å². The van der Waals surface area contributed by atoms with Gasteiger partial charge in [0.05, 0.1) is 0 Å². The Kier molecular flexibility index (Phi) is 4.61. The number of hydrogen-bond donors (Lipinski definition) is 0. The summed E-state index contributed by atoms with van der Waals surface area (Å²) in [5.41, 5.74) is 1.73. The van der Waals surface area contributed by atoms with Gasteiger partial charge < -0.3 is 4.74 Å². The normalized spacial score (nSPS) is 11.9. The molecule has 0 saturated carbocycles. The lowest BCUT2D eigenvalue weighted by Crippen LogP contribution is -2.14. The average Bonchev–Trinajstić information content (AvgIpc) is 2.38. The Morgan fingerprint density at radius 3 is 2.63 bits per heavy atom. The molecule has 2 rings (SSSR count). The van der Waals surface area contributed by atoms with Gasteiger partial charge >= 0.3 is 5.97 Å². The van der Waals surface area contributed by atoms with Gasteiger partial charge in [0.15, 0.2) is 0 Å². The quantitative estimate of drug-likeness (QED) is 0.461. The predicted molar refractivity (Wildman–Crippen MR) is 79.9 cm³/mol. The Morgan fingerprint density at radius 2 is 1.95 bits per heavy atom. The lowest BCUT2D eigenvalue weighted by Gasteiger charge is -2.11. The van der Waals surface area contributed by atoms with Crippen LogP contribution in [-0.2, 0) is 4.79 Å². The molecule has 0 N–H and O–H groups in total. The number of aryl methyl sites for hydroxylation is 1. The van der Waals surface area contributed by atoms with Gasteiger partial charge in [-0.05, 0) is 36.2 Å². The highest BCUT2D eigenvalue weighted by atomic mass is 79.9. The average molecular weight is 340 g/mol. The minimum atomic E-state index is -0.582. The standard InChI is InChI=1S/C15H12BrClO2/c1-10-5-4-6-11(9-10)19-15(18)14(16)12-7-2-3-8-13(12)17/h2-9,14H,1H3. The van der Waals surface area contributed by atoms with Crippen molar-refractivity contribution in [2.24, 2.45) is 0 Å². The fraction of sp³-hybridized carbons (Fsp3) is 0.133. The van der Waals surface area contributed by atoms with Crippen LogP contribution in [0, 0.1) is 6.92 Å². The topological polar surface area (TPSA) is 26.3 Å². The summed E-state index contributed by atoms with van der Waals surface area (Å²) in [6, 6.07) is 14.5. The molecule has 0 spiro atoms. The molecule has 2 aromatic carbocycles. The lowest BCUT2D eigenvalue weighted by atomic mass is 10.1. The van der Waals surface area contributed by atoms with Crippen LogP contribution in [0.1, 0.15) is 16.0 Å². The first-order valence-electron chi connectivity index (χ1n) is 5.75. The Morgan fingerprint density at radius 1 is 1.21 bits per heavy atom. The molecular weight excluding hydrogens is 328 g/mol. The van der Waals surface area contributed by atoms with Gasteiger partial charge in [-0.3, -0.25) is 4.79 Å². The van der Waals surface area contributed by atoms with Crippen molar-refractivity contribution in [2.45, 2.75) is 11.8 Å². The third-order valence-electron chi connectivity index (χ3n) is 2.59. The first-order valence-corrected chi connectivity index (χ1v) is 7.04. The van der Waals surface area contributed by atoms with Gasteiger partial charge in [0.25, 0.3) is 0 Å². The third kappa shape index (κ3) is 3.58. The van der Waals surface area contributed by atoms with Crippen molar-refractivity contribution in [3.05, 3.63) is 64.7 Å². The highest BCUT2D eigenvalue weighted by Gasteiger charge is 2.21. The monoisotopic (exact) mass is 338 g/mol. The van der Waals surface area contributed by atoms with Gasteiger partial charge in [-0.1, -0.05) is 57.9 Å². The fourth-order valence-electron chi connectivity index (χ4n) is 1.65. The molecule has 0 aromatic heterocycles. The van der Waals surface area contributed by atoms with Crippen LogP contribution in [0.2, 0.25) is 5.02 Å². The molecule has 0 radical (unpaired) electrons. The van der Waals surface area contributed by atoms with Crippen LogP contribution in [0.5, 0.6) is 5.75 Å². The van der Waals surface area contributed by atoms with E-state index in [1.807, 2.05) is 37.3 Å². The summed E-state index contributed by atoms with van der Waals surface area (Å²) in [4.78, 5) is 11.5. The summed E-state index contributed by atoms with van der Waals surface area (Å²) < 4.78 is 5.32. The molecule has 0 fully saturated rings. The second-order valence-electron chi connectivity index (χ2n) is 4.12. The summed E-state index contributed by atoms with van der Waals surface area (Å²) in [7, 11) is 0. The molecule has 1 unspecified atom stereocenters. The number of alkyl halides is 1.